The van der Waals surface area contributed by atoms with Gasteiger partial charge >= 0.3 is 0 Å². The van der Waals surface area contributed by atoms with Crippen LogP contribution in [-0.2, 0) is 0 Å². The van der Waals surface area contributed by atoms with Gasteiger partial charge in [0.1, 0.15) is 0 Å². The SMILES string of the molecule is CCN=C(N)N1CCN(C)CC1. The van der Waals surface area contributed by atoms with E-state index < -0.39 is 0 Å². The Morgan fingerprint density at radius 2 is 1.92 bits per heavy atom. The molecule has 0 saturated carbocycles. The number of aliphatic imine (C=N–C) groups is 1. The number of nitrogens with two attached hydrogens (primary N) is 1. The van der Waals surface area contributed by atoms with Crippen LogP contribution in [0.25, 0.3) is 0 Å². The van der Waals surface area contributed by atoms with Crippen LogP contribution in [0.2, 0.25) is 0 Å². The molecule has 1 fully saturated rings. The number of hydrogen-bond acceptors (Lipinski definition) is 2. The first-order valence-electron chi connectivity index (χ1n) is 4.47. The average Bonchev–Trinajstić information content (AvgIpc) is 2.06. The zero-order chi connectivity index (χ0) is 8.97. The Bertz CT molecular complexity index is 158. The van der Waals surface area contributed by atoms with E-state index >= 15 is 0 Å². The lowest BCUT2D eigenvalue weighted by Gasteiger charge is -2.32. The molecule has 0 bridgehead atoms. The topological polar surface area (TPSA) is 44.9 Å². The summed E-state index contributed by atoms with van der Waals surface area (Å²) in [5.41, 5.74) is 5.76. The molecule has 0 spiro atoms. The first-order chi connectivity index (χ1) is 5.74. The van der Waals surface area contributed by atoms with Crippen LogP contribution in [0.5, 0.6) is 0 Å². The summed E-state index contributed by atoms with van der Waals surface area (Å²) in [6, 6.07) is 0. The van der Waals surface area contributed by atoms with Crippen molar-refractivity contribution in [3.8, 4) is 0 Å². The molecule has 1 aliphatic rings. The van der Waals surface area contributed by atoms with E-state index in [1.807, 2.05) is 6.92 Å². The lowest BCUT2D eigenvalue weighted by molar-refractivity contribution is 0.214. The largest absolute Gasteiger partial charge is 0.370 e. The molecule has 1 aliphatic heterocycles. The van der Waals surface area contributed by atoms with E-state index in [0.717, 1.165) is 32.7 Å². The van der Waals surface area contributed by atoms with E-state index in [1.165, 1.54) is 0 Å². The lowest BCUT2D eigenvalue weighted by atomic mass is 10.3. The highest BCUT2D eigenvalue weighted by Gasteiger charge is 2.14. The van der Waals surface area contributed by atoms with Crippen molar-refractivity contribution in [2.75, 3.05) is 39.8 Å². The number of piperazine rings is 1. The molecule has 0 aliphatic carbocycles. The molecule has 0 aromatic rings. The molecule has 4 nitrogen and oxygen atoms in total. The molecule has 2 N–H and O–H groups in total. The molecule has 12 heavy (non-hydrogen) atoms. The fourth-order valence-electron chi connectivity index (χ4n) is 1.30. The van der Waals surface area contributed by atoms with E-state index in [4.69, 9.17) is 5.73 Å². The Balaban J connectivity index is 2.39. The summed E-state index contributed by atoms with van der Waals surface area (Å²) in [5.74, 6) is 0.700. The van der Waals surface area contributed by atoms with E-state index in [0.29, 0.717) is 5.96 Å². The highest BCUT2D eigenvalue weighted by Crippen LogP contribution is 1.97. The van der Waals surface area contributed by atoms with Crippen molar-refractivity contribution in [2.24, 2.45) is 10.7 Å². The molecule has 0 aromatic carbocycles. The highest BCUT2D eigenvalue weighted by molar-refractivity contribution is 5.78. The van der Waals surface area contributed by atoms with Crippen molar-refractivity contribution in [1.29, 1.82) is 0 Å². The second-order valence-electron chi connectivity index (χ2n) is 3.12. The highest BCUT2D eigenvalue weighted by atomic mass is 15.3. The molecular formula is C8H18N4. The van der Waals surface area contributed by atoms with Gasteiger partial charge in [0.25, 0.3) is 0 Å². The summed E-state index contributed by atoms with van der Waals surface area (Å²) in [6.07, 6.45) is 0. The van der Waals surface area contributed by atoms with Crippen molar-refractivity contribution in [2.45, 2.75) is 6.92 Å². The Labute approximate surface area is 74.0 Å². The molecule has 1 heterocycles. The van der Waals surface area contributed by atoms with Crippen molar-refractivity contribution >= 4 is 5.96 Å². The molecule has 0 aromatic heterocycles. The minimum Gasteiger partial charge on any atom is -0.370 e. The first-order valence-corrected chi connectivity index (χ1v) is 4.47. The lowest BCUT2D eigenvalue weighted by Crippen LogP contribution is -2.49. The molecule has 70 valence electrons. The Hall–Kier alpha value is -0.770. The van der Waals surface area contributed by atoms with E-state index in [1.54, 1.807) is 0 Å². The predicted molar refractivity (Wildman–Crippen MR) is 51.2 cm³/mol. The standard InChI is InChI=1S/C8H18N4/c1-3-10-8(9)12-6-4-11(2)5-7-12/h3-7H2,1-2H3,(H2,9,10). The van der Waals surface area contributed by atoms with Crippen molar-refractivity contribution in [1.82, 2.24) is 9.80 Å². The van der Waals surface area contributed by atoms with Gasteiger partial charge in [-0.2, -0.15) is 0 Å². The number of nitrogens with zero attached hydrogens (tertiary/aromatic N) is 3. The van der Waals surface area contributed by atoms with Crippen LogP contribution in [0, 0.1) is 0 Å². The van der Waals surface area contributed by atoms with Crippen LogP contribution in [0.15, 0.2) is 4.99 Å². The summed E-state index contributed by atoms with van der Waals surface area (Å²) in [7, 11) is 2.13. The fourth-order valence-corrected chi connectivity index (χ4v) is 1.30. The zero-order valence-corrected chi connectivity index (χ0v) is 7.95. The first kappa shape index (κ1) is 9.32. The van der Waals surface area contributed by atoms with Gasteiger partial charge in [-0.3, -0.25) is 4.99 Å². The fraction of sp³-hybridized carbons (Fsp3) is 0.875. The summed E-state index contributed by atoms with van der Waals surface area (Å²) >= 11 is 0. The van der Waals surface area contributed by atoms with Crippen LogP contribution < -0.4 is 5.73 Å². The molecule has 0 unspecified atom stereocenters. The zero-order valence-electron chi connectivity index (χ0n) is 7.95. The average molecular weight is 170 g/mol. The number of likely N-dealkylation sites (N-methyl/N-ethyl adjacent to an activating group) is 1. The third-order valence-corrected chi connectivity index (χ3v) is 2.15. The van der Waals surface area contributed by atoms with Gasteiger partial charge in [-0.1, -0.05) is 0 Å². The van der Waals surface area contributed by atoms with Crippen LogP contribution in [0.1, 0.15) is 6.92 Å². The monoisotopic (exact) mass is 170 g/mol. The van der Waals surface area contributed by atoms with Crippen LogP contribution in [0.4, 0.5) is 0 Å². The van der Waals surface area contributed by atoms with Gasteiger partial charge < -0.3 is 15.5 Å². The molecule has 0 atom stereocenters. The molecule has 0 amide bonds. The molecule has 1 saturated heterocycles. The smallest absolute Gasteiger partial charge is 0.191 e. The Kier molecular flexibility index (Phi) is 3.34. The third kappa shape index (κ3) is 2.37. The van der Waals surface area contributed by atoms with Gasteiger partial charge in [-0.25, -0.2) is 0 Å². The minimum absolute atomic E-state index is 0.700. The second-order valence-corrected chi connectivity index (χ2v) is 3.12. The number of rotatable bonds is 1. The van der Waals surface area contributed by atoms with Gasteiger partial charge in [0.05, 0.1) is 0 Å². The maximum absolute atomic E-state index is 5.76. The Morgan fingerprint density at radius 3 is 2.42 bits per heavy atom. The van der Waals surface area contributed by atoms with E-state index in [-0.39, 0.29) is 0 Å². The van der Waals surface area contributed by atoms with Gasteiger partial charge in [0.15, 0.2) is 5.96 Å². The van der Waals surface area contributed by atoms with E-state index in [9.17, 15) is 0 Å². The van der Waals surface area contributed by atoms with Crippen molar-refractivity contribution in [3.63, 3.8) is 0 Å². The van der Waals surface area contributed by atoms with Crippen LogP contribution in [-0.4, -0.2) is 55.5 Å². The van der Waals surface area contributed by atoms with Gasteiger partial charge in [0, 0.05) is 32.7 Å². The number of guanidine groups is 1. The van der Waals surface area contributed by atoms with E-state index in [2.05, 4.69) is 21.8 Å². The molecular weight excluding hydrogens is 152 g/mol. The van der Waals surface area contributed by atoms with Crippen LogP contribution in [0.3, 0.4) is 0 Å². The summed E-state index contributed by atoms with van der Waals surface area (Å²) in [6.45, 7) is 6.96. The maximum atomic E-state index is 5.76. The van der Waals surface area contributed by atoms with Crippen LogP contribution >= 0.6 is 0 Å². The van der Waals surface area contributed by atoms with Crippen molar-refractivity contribution in [3.05, 3.63) is 0 Å². The molecule has 1 rings (SSSR count). The van der Waals surface area contributed by atoms with Crippen molar-refractivity contribution < 1.29 is 0 Å². The van der Waals surface area contributed by atoms with Gasteiger partial charge in [0.2, 0.25) is 0 Å². The molecule has 0 radical (unpaired) electrons. The summed E-state index contributed by atoms with van der Waals surface area (Å²) < 4.78 is 0. The Morgan fingerprint density at radius 1 is 1.33 bits per heavy atom. The minimum atomic E-state index is 0.700. The maximum Gasteiger partial charge on any atom is 0.191 e. The quantitative estimate of drug-likeness (QED) is 0.429. The van der Waals surface area contributed by atoms with Gasteiger partial charge in [-0.05, 0) is 14.0 Å². The second kappa shape index (κ2) is 4.30. The van der Waals surface area contributed by atoms with Gasteiger partial charge in [-0.15, -0.1) is 0 Å². The molecule has 4 heteroatoms. The summed E-state index contributed by atoms with van der Waals surface area (Å²) in [4.78, 5) is 8.62. The predicted octanol–water partition coefficient (Wildman–Crippen LogP) is -0.432. The summed E-state index contributed by atoms with van der Waals surface area (Å²) in [5, 5.41) is 0. The number of hydrogen-bond donors (Lipinski definition) is 1. The normalized spacial score (nSPS) is 21.5. The third-order valence-electron chi connectivity index (χ3n) is 2.15.